The molecular formula is C17H17ClF2N2O. The second-order valence-corrected chi connectivity index (χ2v) is 6.28. The molecule has 2 aliphatic rings. The molecule has 1 aliphatic heterocycles. The molecule has 1 aromatic carbocycles. The molecule has 1 amide bonds. The summed E-state index contributed by atoms with van der Waals surface area (Å²) in [4.78, 5) is 12.2. The first kappa shape index (κ1) is 16.1. The molecule has 4 atom stereocenters. The van der Waals surface area contributed by atoms with E-state index >= 15 is 4.39 Å². The fraction of sp³-hybridized carbons (Fsp3) is 0.353. The minimum absolute atomic E-state index is 0.0885. The highest BCUT2D eigenvalue weighted by molar-refractivity contribution is 6.30. The van der Waals surface area contributed by atoms with Crippen molar-refractivity contribution in [1.29, 1.82) is 0 Å². The molecule has 0 aromatic heterocycles. The quantitative estimate of drug-likeness (QED) is 0.832. The van der Waals surface area contributed by atoms with Gasteiger partial charge in [-0.1, -0.05) is 60.2 Å². The standard InChI is InChI=1S/C17H17ClF2N2O/c18-17(20)13(11-5-2-1-3-6-11)7-4-8-15(17)22-16(23)14-9-12(19)10-21-14/h1-8,12,14-15,21H,9-10H2,(H,22,23). The molecule has 1 saturated heterocycles. The smallest absolute Gasteiger partial charge is 0.237 e. The molecule has 3 rings (SSSR count). The maximum absolute atomic E-state index is 15.1. The van der Waals surface area contributed by atoms with E-state index in [1.165, 1.54) is 6.08 Å². The number of alkyl halides is 3. The van der Waals surface area contributed by atoms with E-state index in [1.54, 1.807) is 36.4 Å². The second kappa shape index (κ2) is 6.42. The van der Waals surface area contributed by atoms with Crippen LogP contribution in [0.3, 0.4) is 0 Å². The number of amides is 1. The predicted octanol–water partition coefficient (Wildman–Crippen LogP) is 2.73. The van der Waals surface area contributed by atoms with Crippen molar-refractivity contribution >= 4 is 23.1 Å². The van der Waals surface area contributed by atoms with Gasteiger partial charge in [0, 0.05) is 18.5 Å². The highest BCUT2D eigenvalue weighted by atomic mass is 35.5. The largest absolute Gasteiger partial charge is 0.344 e. The summed E-state index contributed by atoms with van der Waals surface area (Å²) in [6.07, 6.45) is 3.78. The Labute approximate surface area is 138 Å². The number of allylic oxidation sites excluding steroid dienone is 2. The number of rotatable bonds is 3. The van der Waals surface area contributed by atoms with Crippen LogP contribution >= 0.6 is 11.6 Å². The van der Waals surface area contributed by atoms with E-state index in [0.717, 1.165) is 0 Å². The van der Waals surface area contributed by atoms with Crippen molar-refractivity contribution in [3.63, 3.8) is 0 Å². The van der Waals surface area contributed by atoms with E-state index in [1.807, 2.05) is 6.07 Å². The van der Waals surface area contributed by atoms with E-state index in [2.05, 4.69) is 10.6 Å². The summed E-state index contributed by atoms with van der Waals surface area (Å²) in [7, 11) is 0. The van der Waals surface area contributed by atoms with Crippen molar-refractivity contribution in [3.05, 3.63) is 54.1 Å². The summed E-state index contributed by atoms with van der Waals surface area (Å²) in [6.45, 7) is 0.134. The third kappa shape index (κ3) is 3.31. The molecule has 2 N–H and O–H groups in total. The topological polar surface area (TPSA) is 41.1 Å². The van der Waals surface area contributed by atoms with E-state index in [-0.39, 0.29) is 18.5 Å². The minimum atomic E-state index is -2.26. The number of halogens is 3. The van der Waals surface area contributed by atoms with E-state index in [4.69, 9.17) is 11.6 Å². The lowest BCUT2D eigenvalue weighted by Gasteiger charge is -2.32. The predicted molar refractivity (Wildman–Crippen MR) is 86.5 cm³/mol. The zero-order chi connectivity index (χ0) is 16.4. The van der Waals surface area contributed by atoms with Crippen molar-refractivity contribution < 1.29 is 13.6 Å². The van der Waals surface area contributed by atoms with Gasteiger partial charge in [-0.25, -0.2) is 8.78 Å². The van der Waals surface area contributed by atoms with Gasteiger partial charge in [0.1, 0.15) is 12.2 Å². The van der Waals surface area contributed by atoms with E-state index in [0.29, 0.717) is 5.56 Å². The summed E-state index contributed by atoms with van der Waals surface area (Å²) in [5.74, 6) is -0.447. The van der Waals surface area contributed by atoms with Gasteiger partial charge in [0.05, 0.1) is 6.04 Å². The molecular weight excluding hydrogens is 322 g/mol. The monoisotopic (exact) mass is 338 g/mol. The van der Waals surface area contributed by atoms with Crippen LogP contribution in [0, 0.1) is 0 Å². The van der Waals surface area contributed by atoms with Crippen LogP contribution in [0.15, 0.2) is 48.6 Å². The highest BCUT2D eigenvalue weighted by Gasteiger charge is 2.43. The lowest BCUT2D eigenvalue weighted by atomic mass is 9.91. The Bertz CT molecular complexity index is 645. The number of benzene rings is 1. The lowest BCUT2D eigenvalue weighted by Crippen LogP contribution is -2.52. The molecule has 6 heteroatoms. The molecule has 122 valence electrons. The molecule has 1 aromatic rings. The first-order valence-electron chi connectivity index (χ1n) is 7.48. The molecule has 0 radical (unpaired) electrons. The first-order valence-corrected chi connectivity index (χ1v) is 7.86. The molecule has 1 heterocycles. The molecule has 0 saturated carbocycles. The SMILES string of the molecule is O=C(NC1C=CC=C(c2ccccc2)C1(F)Cl)C1CC(F)CN1. The summed E-state index contributed by atoms with van der Waals surface area (Å²) in [5, 5.41) is 3.08. The molecule has 0 spiro atoms. The van der Waals surface area contributed by atoms with Crippen LogP contribution in [0.1, 0.15) is 12.0 Å². The number of carbonyl (C=O) groups excluding carboxylic acids is 1. The average molecular weight is 339 g/mol. The Kier molecular flexibility index (Phi) is 4.50. The summed E-state index contributed by atoms with van der Waals surface area (Å²) < 4.78 is 28.3. The van der Waals surface area contributed by atoms with Gasteiger partial charge in [0.2, 0.25) is 11.0 Å². The molecule has 4 unspecified atom stereocenters. The zero-order valence-electron chi connectivity index (χ0n) is 12.3. The van der Waals surface area contributed by atoms with Crippen molar-refractivity contribution in [2.75, 3.05) is 6.54 Å². The Balaban J connectivity index is 1.76. The van der Waals surface area contributed by atoms with Crippen molar-refractivity contribution in [1.82, 2.24) is 10.6 Å². The van der Waals surface area contributed by atoms with E-state index < -0.39 is 29.3 Å². The normalized spacial score (nSPS) is 33.3. The molecule has 1 fully saturated rings. The van der Waals surface area contributed by atoms with Crippen LogP contribution < -0.4 is 10.6 Å². The van der Waals surface area contributed by atoms with Crippen LogP contribution in [0.2, 0.25) is 0 Å². The molecule has 0 bridgehead atoms. The molecule has 23 heavy (non-hydrogen) atoms. The fourth-order valence-electron chi connectivity index (χ4n) is 2.85. The third-order valence-corrected chi connectivity index (χ3v) is 4.53. The fourth-order valence-corrected chi connectivity index (χ4v) is 3.15. The number of carbonyl (C=O) groups is 1. The first-order chi connectivity index (χ1) is 11.0. The Morgan fingerprint density at radius 2 is 2.09 bits per heavy atom. The Hall–Kier alpha value is -1.72. The zero-order valence-corrected chi connectivity index (χ0v) is 13.1. The minimum Gasteiger partial charge on any atom is -0.344 e. The van der Waals surface area contributed by atoms with Gasteiger partial charge in [-0.05, 0) is 5.56 Å². The average Bonchev–Trinajstić information content (AvgIpc) is 2.96. The van der Waals surface area contributed by atoms with Gasteiger partial charge >= 0.3 is 0 Å². The van der Waals surface area contributed by atoms with Crippen molar-refractivity contribution in [3.8, 4) is 0 Å². The van der Waals surface area contributed by atoms with E-state index in [9.17, 15) is 9.18 Å². The third-order valence-electron chi connectivity index (χ3n) is 4.09. The van der Waals surface area contributed by atoms with Crippen molar-refractivity contribution in [2.24, 2.45) is 0 Å². The Morgan fingerprint density at radius 1 is 1.35 bits per heavy atom. The summed E-state index contributed by atoms with van der Waals surface area (Å²) in [6, 6.07) is 7.25. The van der Waals surface area contributed by atoms with Gasteiger partial charge in [0.15, 0.2) is 0 Å². The van der Waals surface area contributed by atoms with Gasteiger partial charge in [-0.2, -0.15) is 0 Å². The van der Waals surface area contributed by atoms with Crippen LogP contribution in [0.5, 0.6) is 0 Å². The number of hydrogen-bond acceptors (Lipinski definition) is 2. The number of hydrogen-bond donors (Lipinski definition) is 2. The maximum atomic E-state index is 15.1. The highest BCUT2D eigenvalue weighted by Crippen LogP contribution is 2.40. The van der Waals surface area contributed by atoms with Crippen LogP contribution in [-0.2, 0) is 4.79 Å². The van der Waals surface area contributed by atoms with Gasteiger partial charge < -0.3 is 10.6 Å². The second-order valence-electron chi connectivity index (χ2n) is 5.73. The lowest BCUT2D eigenvalue weighted by molar-refractivity contribution is -0.123. The van der Waals surface area contributed by atoms with Crippen LogP contribution in [0.4, 0.5) is 8.78 Å². The summed E-state index contributed by atoms with van der Waals surface area (Å²) in [5.41, 5.74) is 0.937. The van der Waals surface area contributed by atoms with Crippen LogP contribution in [0.25, 0.3) is 5.57 Å². The molecule has 3 nitrogen and oxygen atoms in total. The van der Waals surface area contributed by atoms with Crippen LogP contribution in [-0.4, -0.2) is 35.8 Å². The Morgan fingerprint density at radius 3 is 2.74 bits per heavy atom. The maximum Gasteiger partial charge on any atom is 0.237 e. The van der Waals surface area contributed by atoms with Gasteiger partial charge in [-0.3, -0.25) is 4.79 Å². The van der Waals surface area contributed by atoms with Crippen molar-refractivity contribution in [2.45, 2.75) is 29.8 Å². The van der Waals surface area contributed by atoms with Gasteiger partial charge in [-0.15, -0.1) is 0 Å². The number of nitrogens with one attached hydrogen (secondary N) is 2. The summed E-state index contributed by atoms with van der Waals surface area (Å²) >= 11 is 6.12. The molecule has 1 aliphatic carbocycles. The van der Waals surface area contributed by atoms with Gasteiger partial charge in [0.25, 0.3) is 0 Å².